The molecule has 0 bridgehead atoms. The van der Waals surface area contributed by atoms with Gasteiger partial charge in [-0.2, -0.15) is 0 Å². The van der Waals surface area contributed by atoms with Crippen molar-refractivity contribution in [3.8, 4) is 11.5 Å². The lowest BCUT2D eigenvalue weighted by Crippen LogP contribution is -2.24. The zero-order valence-electron chi connectivity index (χ0n) is 16.0. The van der Waals surface area contributed by atoms with Crippen molar-refractivity contribution < 1.29 is 9.84 Å². The molecule has 3 N–H and O–H groups in total. The normalized spacial score (nSPS) is 13.4. The van der Waals surface area contributed by atoms with E-state index in [1.165, 1.54) is 32.0 Å². The molecule has 0 amide bonds. The van der Waals surface area contributed by atoms with E-state index in [0.717, 1.165) is 30.8 Å². The van der Waals surface area contributed by atoms with Gasteiger partial charge < -0.3 is 15.6 Å². The molecule has 1 atom stereocenters. The fraction of sp³-hybridized carbons (Fsp3) is 0.250. The number of rotatable bonds is 6. The van der Waals surface area contributed by atoms with Crippen LogP contribution in [0.5, 0.6) is 11.5 Å². The van der Waals surface area contributed by atoms with Crippen molar-refractivity contribution in [3.05, 3.63) is 82.9 Å². The van der Waals surface area contributed by atoms with E-state index < -0.39 is 0 Å². The zero-order valence-corrected chi connectivity index (χ0v) is 16.8. The summed E-state index contributed by atoms with van der Waals surface area (Å²) in [6.07, 6.45) is 2.52. The Morgan fingerprint density at radius 2 is 1.64 bits per heavy atom. The Kier molecular flexibility index (Phi) is 5.72. The van der Waals surface area contributed by atoms with Crippen molar-refractivity contribution in [3.63, 3.8) is 0 Å². The van der Waals surface area contributed by atoms with Gasteiger partial charge in [-0.15, -0.1) is 0 Å². The molecule has 144 valence electrons. The number of hydrogen-bond donors (Lipinski definition) is 2. The van der Waals surface area contributed by atoms with E-state index in [2.05, 4.69) is 61.5 Å². The molecule has 0 aliphatic carbocycles. The number of aryl methyl sites for hydroxylation is 2. The number of aliphatic hydroxyl groups is 1. The fourth-order valence-electron chi connectivity index (χ4n) is 3.39. The fourth-order valence-corrected chi connectivity index (χ4v) is 4.27. The minimum atomic E-state index is -0.158. The highest BCUT2D eigenvalue weighted by atomic mass is 32.2. The number of nitrogens with two attached hydrogens (primary N) is 1. The molecule has 0 fully saturated rings. The van der Waals surface area contributed by atoms with Crippen LogP contribution in [0.4, 0.5) is 0 Å². The van der Waals surface area contributed by atoms with Gasteiger partial charge in [-0.25, -0.2) is 0 Å². The number of ether oxygens (including phenoxy) is 1. The maximum Gasteiger partial charge on any atom is 0.131 e. The Hall–Kier alpha value is -2.27. The molecule has 3 aromatic rings. The molecular weight excluding hydrogens is 366 g/mol. The largest absolute Gasteiger partial charge is 0.457 e. The molecule has 0 spiro atoms. The summed E-state index contributed by atoms with van der Waals surface area (Å²) in [7, 11) is 0. The summed E-state index contributed by atoms with van der Waals surface area (Å²) in [5.74, 6) is 1.87. The first-order valence-corrected chi connectivity index (χ1v) is 10.5. The van der Waals surface area contributed by atoms with E-state index in [4.69, 9.17) is 15.6 Å². The van der Waals surface area contributed by atoms with Gasteiger partial charge in [0.25, 0.3) is 0 Å². The smallest absolute Gasteiger partial charge is 0.131 e. The molecule has 28 heavy (non-hydrogen) atoms. The maximum absolute atomic E-state index is 9.11. The third-order valence-corrected chi connectivity index (χ3v) is 6.05. The van der Waals surface area contributed by atoms with Crippen molar-refractivity contribution in [2.24, 2.45) is 5.73 Å². The Morgan fingerprint density at radius 3 is 2.39 bits per heavy atom. The van der Waals surface area contributed by atoms with Gasteiger partial charge in [0.2, 0.25) is 0 Å². The van der Waals surface area contributed by atoms with E-state index in [1.807, 2.05) is 6.07 Å². The number of hydrogen-bond acceptors (Lipinski definition) is 4. The number of fused-ring (bicyclic) bond motifs is 2. The minimum absolute atomic E-state index is 0.0306. The van der Waals surface area contributed by atoms with Crippen LogP contribution in [-0.4, -0.2) is 17.8 Å². The van der Waals surface area contributed by atoms with E-state index in [9.17, 15) is 0 Å². The van der Waals surface area contributed by atoms with Crippen molar-refractivity contribution >= 4 is 11.8 Å². The van der Waals surface area contributed by atoms with Crippen LogP contribution in [0.2, 0.25) is 0 Å². The molecule has 0 aromatic heterocycles. The van der Waals surface area contributed by atoms with Crippen LogP contribution < -0.4 is 10.5 Å². The summed E-state index contributed by atoms with van der Waals surface area (Å²) in [5.41, 5.74) is 10.8. The average Bonchev–Trinajstić information content (AvgIpc) is 2.72. The summed E-state index contributed by atoms with van der Waals surface area (Å²) < 4.78 is 6.13. The monoisotopic (exact) mass is 391 g/mol. The predicted octanol–water partition coefficient (Wildman–Crippen LogP) is 5.09. The highest BCUT2D eigenvalue weighted by molar-refractivity contribution is 7.99. The molecule has 3 aromatic carbocycles. The third-order valence-electron chi connectivity index (χ3n) is 5.05. The van der Waals surface area contributed by atoms with E-state index >= 15 is 0 Å². The van der Waals surface area contributed by atoms with Crippen molar-refractivity contribution in [1.29, 1.82) is 0 Å². The number of benzene rings is 3. The van der Waals surface area contributed by atoms with Crippen LogP contribution >= 0.6 is 11.8 Å². The molecule has 3 nitrogen and oxygen atoms in total. The molecule has 0 saturated carbocycles. The van der Waals surface area contributed by atoms with Gasteiger partial charge in [-0.1, -0.05) is 41.6 Å². The zero-order chi connectivity index (χ0) is 19.5. The highest BCUT2D eigenvalue weighted by Crippen LogP contribution is 2.40. The first-order valence-electron chi connectivity index (χ1n) is 9.64. The summed E-state index contributed by atoms with van der Waals surface area (Å²) >= 11 is 1.77. The second-order valence-corrected chi connectivity index (χ2v) is 8.53. The van der Waals surface area contributed by atoms with Crippen LogP contribution in [0, 0.1) is 6.92 Å². The molecule has 1 aliphatic rings. The molecule has 4 rings (SSSR count). The van der Waals surface area contributed by atoms with Gasteiger partial charge in [0.1, 0.15) is 11.5 Å². The SMILES string of the molecule is Cc1ccc(Sc2ccc3c(c2)Cc2cc(CCC(N)CO)ccc2O3)cc1. The summed E-state index contributed by atoms with van der Waals surface area (Å²) in [4.78, 5) is 2.46. The van der Waals surface area contributed by atoms with Crippen molar-refractivity contribution in [2.75, 3.05) is 6.61 Å². The van der Waals surface area contributed by atoms with E-state index in [-0.39, 0.29) is 12.6 Å². The second kappa shape index (κ2) is 8.39. The van der Waals surface area contributed by atoms with Crippen LogP contribution in [-0.2, 0) is 12.8 Å². The van der Waals surface area contributed by atoms with Crippen LogP contribution in [0.25, 0.3) is 0 Å². The Bertz CT molecular complexity index is 969. The molecule has 1 aliphatic heterocycles. The molecule has 0 saturated heterocycles. The van der Waals surface area contributed by atoms with Gasteiger partial charge in [0.15, 0.2) is 0 Å². The van der Waals surface area contributed by atoms with Gasteiger partial charge >= 0.3 is 0 Å². The molecule has 1 unspecified atom stereocenters. The lowest BCUT2D eigenvalue weighted by molar-refractivity contribution is 0.260. The standard InChI is InChI=1S/C24H25NO2S/c1-16-2-7-21(8-3-16)28-22-9-11-24-19(14-22)13-18-12-17(4-6-20(25)15-26)5-10-23(18)27-24/h2-3,5,7-12,14,20,26H,4,6,13,15,25H2,1H3. The Morgan fingerprint density at radius 1 is 0.964 bits per heavy atom. The topological polar surface area (TPSA) is 55.5 Å². The summed E-state index contributed by atoms with van der Waals surface area (Å²) in [6, 6.07) is 21.2. The second-order valence-electron chi connectivity index (χ2n) is 7.39. The van der Waals surface area contributed by atoms with Gasteiger partial charge in [-0.3, -0.25) is 0 Å². The molecule has 0 radical (unpaired) electrons. The van der Waals surface area contributed by atoms with Gasteiger partial charge in [0, 0.05) is 27.8 Å². The maximum atomic E-state index is 9.11. The lowest BCUT2D eigenvalue weighted by atomic mass is 9.96. The summed E-state index contributed by atoms with van der Waals surface area (Å²) in [5, 5.41) is 9.11. The highest BCUT2D eigenvalue weighted by Gasteiger charge is 2.18. The molecular formula is C24H25NO2S. The third kappa shape index (κ3) is 4.41. The summed E-state index contributed by atoms with van der Waals surface area (Å²) in [6.45, 7) is 2.14. The van der Waals surface area contributed by atoms with E-state index in [0.29, 0.717) is 0 Å². The lowest BCUT2D eigenvalue weighted by Gasteiger charge is -2.22. The predicted molar refractivity (Wildman–Crippen MR) is 114 cm³/mol. The molecule has 1 heterocycles. The first kappa shape index (κ1) is 19.1. The van der Waals surface area contributed by atoms with Crippen molar-refractivity contribution in [1.82, 2.24) is 0 Å². The number of aliphatic hydroxyl groups excluding tert-OH is 1. The van der Waals surface area contributed by atoms with Crippen LogP contribution in [0.1, 0.15) is 28.7 Å². The first-order chi connectivity index (χ1) is 13.6. The van der Waals surface area contributed by atoms with E-state index in [1.54, 1.807) is 11.8 Å². The van der Waals surface area contributed by atoms with Crippen LogP contribution in [0.15, 0.2) is 70.5 Å². The Labute approximate surface area is 170 Å². The van der Waals surface area contributed by atoms with Gasteiger partial charge in [-0.05, 0) is 67.3 Å². The van der Waals surface area contributed by atoms with Crippen LogP contribution in [0.3, 0.4) is 0 Å². The minimum Gasteiger partial charge on any atom is -0.457 e. The Balaban J connectivity index is 1.50. The molecule has 4 heteroatoms. The average molecular weight is 392 g/mol. The quantitative estimate of drug-likeness (QED) is 0.480. The van der Waals surface area contributed by atoms with Gasteiger partial charge in [0.05, 0.1) is 6.61 Å². The van der Waals surface area contributed by atoms with Crippen molar-refractivity contribution in [2.45, 2.75) is 42.0 Å².